The normalized spacial score (nSPS) is 17.7. The number of methoxy groups -OCH3 is 1. The summed E-state index contributed by atoms with van der Waals surface area (Å²) in [5, 5.41) is 6.72. The van der Waals surface area contributed by atoms with E-state index in [1.165, 1.54) is 0 Å². The van der Waals surface area contributed by atoms with E-state index in [0.717, 1.165) is 42.4 Å². The van der Waals surface area contributed by atoms with Gasteiger partial charge in [-0.05, 0) is 49.1 Å². The Bertz CT molecular complexity index is 656. The number of ether oxygens (including phenoxy) is 1. The third kappa shape index (κ3) is 3.10. The van der Waals surface area contributed by atoms with Crippen molar-refractivity contribution in [1.82, 2.24) is 9.59 Å². The van der Waals surface area contributed by atoms with Crippen LogP contribution in [0.4, 0.5) is 11.4 Å². The van der Waals surface area contributed by atoms with Crippen molar-refractivity contribution in [2.24, 2.45) is 0 Å². The van der Waals surface area contributed by atoms with Crippen molar-refractivity contribution in [2.45, 2.75) is 19.4 Å². The summed E-state index contributed by atoms with van der Waals surface area (Å²) in [7, 11) is 1.75. The SMILES string of the molecule is COC1CCN(c2ccc(NC(=O)c3snnc3C)cc2)C1. The Morgan fingerprint density at radius 3 is 2.77 bits per heavy atom. The lowest BCUT2D eigenvalue weighted by atomic mass is 10.2. The average molecular weight is 318 g/mol. The molecular formula is C15H18N4O2S. The molecule has 0 saturated carbocycles. The molecule has 2 aromatic rings. The maximum atomic E-state index is 12.1. The largest absolute Gasteiger partial charge is 0.380 e. The van der Waals surface area contributed by atoms with Crippen LogP contribution in [0.3, 0.4) is 0 Å². The van der Waals surface area contributed by atoms with E-state index in [1.807, 2.05) is 24.3 Å². The Balaban J connectivity index is 1.65. The highest BCUT2D eigenvalue weighted by molar-refractivity contribution is 7.08. The van der Waals surface area contributed by atoms with Crippen LogP contribution in [0.15, 0.2) is 24.3 Å². The number of hydrogen-bond acceptors (Lipinski definition) is 6. The van der Waals surface area contributed by atoms with Gasteiger partial charge in [0.2, 0.25) is 0 Å². The van der Waals surface area contributed by atoms with E-state index in [4.69, 9.17) is 4.74 Å². The molecule has 116 valence electrons. The number of nitrogens with one attached hydrogen (secondary N) is 1. The monoisotopic (exact) mass is 318 g/mol. The van der Waals surface area contributed by atoms with Crippen molar-refractivity contribution >= 4 is 28.8 Å². The molecule has 1 amide bonds. The van der Waals surface area contributed by atoms with Crippen molar-refractivity contribution in [1.29, 1.82) is 0 Å². The number of hydrogen-bond donors (Lipinski definition) is 1. The maximum Gasteiger partial charge on any atom is 0.269 e. The lowest BCUT2D eigenvalue weighted by molar-refractivity contribution is 0.103. The number of nitrogens with zero attached hydrogens (tertiary/aromatic N) is 3. The lowest BCUT2D eigenvalue weighted by Gasteiger charge is -2.18. The number of rotatable bonds is 4. The Morgan fingerprint density at radius 1 is 1.41 bits per heavy atom. The summed E-state index contributed by atoms with van der Waals surface area (Å²) in [6.45, 7) is 3.69. The number of aryl methyl sites for hydroxylation is 1. The first-order chi connectivity index (χ1) is 10.7. The minimum Gasteiger partial charge on any atom is -0.380 e. The molecule has 7 heteroatoms. The molecule has 1 aromatic heterocycles. The number of carbonyl (C=O) groups excluding carboxylic acids is 1. The van der Waals surface area contributed by atoms with Crippen molar-refractivity contribution in [3.63, 3.8) is 0 Å². The van der Waals surface area contributed by atoms with E-state index >= 15 is 0 Å². The summed E-state index contributed by atoms with van der Waals surface area (Å²) in [5.74, 6) is -0.166. The highest BCUT2D eigenvalue weighted by Crippen LogP contribution is 2.23. The fourth-order valence-electron chi connectivity index (χ4n) is 2.54. The van der Waals surface area contributed by atoms with Gasteiger partial charge in [0, 0.05) is 31.6 Å². The Kier molecular flexibility index (Phi) is 4.35. The quantitative estimate of drug-likeness (QED) is 0.937. The van der Waals surface area contributed by atoms with Crippen LogP contribution in [0.1, 0.15) is 21.8 Å². The zero-order valence-corrected chi connectivity index (χ0v) is 13.4. The molecular weight excluding hydrogens is 300 g/mol. The molecule has 0 radical (unpaired) electrons. The lowest BCUT2D eigenvalue weighted by Crippen LogP contribution is -2.22. The molecule has 1 atom stereocenters. The Hall–Kier alpha value is -1.99. The van der Waals surface area contributed by atoms with Crippen LogP contribution < -0.4 is 10.2 Å². The molecule has 1 unspecified atom stereocenters. The first kappa shape index (κ1) is 14.9. The first-order valence-corrected chi connectivity index (χ1v) is 7.93. The van der Waals surface area contributed by atoms with E-state index < -0.39 is 0 Å². The molecule has 0 bridgehead atoms. The number of amides is 1. The molecule has 1 saturated heterocycles. The van der Waals surface area contributed by atoms with Crippen LogP contribution in [-0.4, -0.2) is 41.8 Å². The fourth-order valence-corrected chi connectivity index (χ4v) is 3.09. The molecule has 1 aliphatic heterocycles. The molecule has 2 heterocycles. The first-order valence-electron chi connectivity index (χ1n) is 7.15. The van der Waals surface area contributed by atoms with Crippen LogP contribution in [0.25, 0.3) is 0 Å². The smallest absolute Gasteiger partial charge is 0.269 e. The van der Waals surface area contributed by atoms with E-state index in [-0.39, 0.29) is 5.91 Å². The van der Waals surface area contributed by atoms with E-state index in [0.29, 0.717) is 16.7 Å². The predicted molar refractivity (Wildman–Crippen MR) is 86.7 cm³/mol. The number of carbonyl (C=O) groups is 1. The molecule has 1 aliphatic rings. The third-order valence-corrected chi connectivity index (χ3v) is 4.65. The van der Waals surface area contributed by atoms with Crippen molar-refractivity contribution < 1.29 is 9.53 Å². The molecule has 3 rings (SSSR count). The maximum absolute atomic E-state index is 12.1. The highest BCUT2D eigenvalue weighted by Gasteiger charge is 2.22. The van der Waals surface area contributed by atoms with Crippen LogP contribution >= 0.6 is 11.5 Å². The topological polar surface area (TPSA) is 67.3 Å². The second kappa shape index (κ2) is 6.41. The van der Waals surface area contributed by atoms with Gasteiger partial charge in [0.25, 0.3) is 5.91 Å². The second-order valence-electron chi connectivity index (χ2n) is 5.28. The highest BCUT2D eigenvalue weighted by atomic mass is 32.1. The molecule has 22 heavy (non-hydrogen) atoms. The summed E-state index contributed by atoms with van der Waals surface area (Å²) in [4.78, 5) is 14.9. The van der Waals surface area contributed by atoms with Gasteiger partial charge >= 0.3 is 0 Å². The summed E-state index contributed by atoms with van der Waals surface area (Å²) in [5.41, 5.74) is 2.57. The van der Waals surface area contributed by atoms with Crippen LogP contribution in [0, 0.1) is 6.92 Å². The Labute approximate surface area is 133 Å². The molecule has 0 aliphatic carbocycles. The summed E-state index contributed by atoms with van der Waals surface area (Å²) in [6, 6.07) is 7.87. The Morgan fingerprint density at radius 2 is 2.18 bits per heavy atom. The minimum atomic E-state index is -0.166. The van der Waals surface area contributed by atoms with Gasteiger partial charge in [0.1, 0.15) is 4.88 Å². The summed E-state index contributed by atoms with van der Waals surface area (Å²) < 4.78 is 9.16. The molecule has 0 spiro atoms. The molecule has 6 nitrogen and oxygen atoms in total. The van der Waals surface area contributed by atoms with Crippen molar-refractivity contribution in [3.8, 4) is 0 Å². The minimum absolute atomic E-state index is 0.166. The van der Waals surface area contributed by atoms with Gasteiger partial charge in [-0.2, -0.15) is 0 Å². The number of aromatic nitrogens is 2. The molecule has 1 N–H and O–H groups in total. The standard InChI is InChI=1S/C15H18N4O2S/c1-10-14(22-18-17-10)15(20)16-11-3-5-12(6-4-11)19-8-7-13(9-19)21-2/h3-6,13H,7-9H2,1-2H3,(H,16,20). The van der Waals surface area contributed by atoms with Crippen molar-refractivity contribution in [3.05, 3.63) is 34.8 Å². The van der Waals surface area contributed by atoms with Gasteiger partial charge in [-0.1, -0.05) is 4.49 Å². The van der Waals surface area contributed by atoms with Gasteiger partial charge in [-0.15, -0.1) is 5.10 Å². The summed E-state index contributed by atoms with van der Waals surface area (Å²) >= 11 is 1.11. The van der Waals surface area contributed by atoms with Gasteiger partial charge in [-0.25, -0.2) is 0 Å². The predicted octanol–water partition coefficient (Wildman–Crippen LogP) is 2.32. The van der Waals surface area contributed by atoms with Gasteiger partial charge in [0.05, 0.1) is 11.8 Å². The zero-order valence-electron chi connectivity index (χ0n) is 12.6. The number of anilines is 2. The molecule has 1 fully saturated rings. The fraction of sp³-hybridized carbons (Fsp3) is 0.400. The van der Waals surface area contributed by atoms with Crippen LogP contribution in [-0.2, 0) is 4.74 Å². The van der Waals surface area contributed by atoms with Gasteiger partial charge in [0.15, 0.2) is 0 Å². The van der Waals surface area contributed by atoms with E-state index in [2.05, 4.69) is 19.8 Å². The van der Waals surface area contributed by atoms with Gasteiger partial charge in [-0.3, -0.25) is 4.79 Å². The van der Waals surface area contributed by atoms with Crippen LogP contribution in [0.5, 0.6) is 0 Å². The third-order valence-electron chi connectivity index (χ3n) is 3.83. The second-order valence-corrected chi connectivity index (χ2v) is 6.03. The van der Waals surface area contributed by atoms with Gasteiger partial charge < -0.3 is 15.0 Å². The summed E-state index contributed by atoms with van der Waals surface area (Å²) in [6.07, 6.45) is 1.35. The number of benzene rings is 1. The average Bonchev–Trinajstić information content (AvgIpc) is 3.16. The van der Waals surface area contributed by atoms with Crippen LogP contribution in [0.2, 0.25) is 0 Å². The van der Waals surface area contributed by atoms with Crippen molar-refractivity contribution in [2.75, 3.05) is 30.4 Å². The van der Waals surface area contributed by atoms with E-state index in [1.54, 1.807) is 14.0 Å². The van der Waals surface area contributed by atoms with E-state index in [9.17, 15) is 4.79 Å². The molecule has 1 aromatic carbocycles. The zero-order chi connectivity index (χ0) is 15.5.